The molecule has 3 aromatic carbocycles. The second kappa shape index (κ2) is 10.2. The number of carbonyl (C=O) groups is 1. The van der Waals surface area contributed by atoms with Gasteiger partial charge in [0.15, 0.2) is 0 Å². The lowest BCUT2D eigenvalue weighted by molar-refractivity contribution is -0.120. The van der Waals surface area contributed by atoms with Gasteiger partial charge in [-0.05, 0) is 67.6 Å². The quantitative estimate of drug-likeness (QED) is 0.331. The van der Waals surface area contributed by atoms with Gasteiger partial charge in [0.25, 0.3) is 0 Å². The number of imidazole rings is 1. The molecule has 4 rings (SSSR count). The van der Waals surface area contributed by atoms with E-state index < -0.39 is 0 Å². The van der Waals surface area contributed by atoms with Crippen LogP contribution in [0.15, 0.2) is 60.7 Å². The lowest BCUT2D eigenvalue weighted by Gasteiger charge is -2.15. The predicted molar refractivity (Wildman–Crippen MR) is 136 cm³/mol. The first-order valence-corrected chi connectivity index (χ1v) is 11.8. The number of hydrogen-bond donors (Lipinski definition) is 1. The third-order valence-corrected chi connectivity index (χ3v) is 6.47. The molecule has 1 N–H and O–H groups in total. The van der Waals surface area contributed by atoms with Crippen molar-refractivity contribution in [2.24, 2.45) is 0 Å². The Bertz CT molecular complexity index is 1270. The Morgan fingerprint density at radius 3 is 2.45 bits per heavy atom. The highest BCUT2D eigenvalue weighted by Crippen LogP contribution is 2.23. The van der Waals surface area contributed by atoms with E-state index in [0.29, 0.717) is 18.0 Å². The molecule has 0 atom stereocenters. The minimum Gasteiger partial charge on any atom is -0.356 e. The monoisotopic (exact) mass is 459 g/mol. The largest absolute Gasteiger partial charge is 0.356 e. The first-order chi connectivity index (χ1) is 15.9. The molecule has 0 saturated carbocycles. The van der Waals surface area contributed by atoms with Crippen LogP contribution in [-0.4, -0.2) is 22.0 Å². The van der Waals surface area contributed by atoms with E-state index in [1.807, 2.05) is 30.3 Å². The number of nitrogens with one attached hydrogen (secondary N) is 1. The van der Waals surface area contributed by atoms with Crippen LogP contribution in [-0.2, 0) is 24.2 Å². The Balaban J connectivity index is 1.45. The van der Waals surface area contributed by atoms with Crippen molar-refractivity contribution in [3.05, 3.63) is 99.3 Å². The smallest absolute Gasteiger partial charge is 0.224 e. The number of nitrogens with zero attached hydrogens (tertiary/aromatic N) is 2. The number of hydrogen-bond acceptors (Lipinski definition) is 2. The van der Waals surface area contributed by atoms with Crippen LogP contribution in [0.5, 0.6) is 0 Å². The molecule has 0 radical (unpaired) electrons. The SMILES string of the molecule is Cc1cc(C)c(Cn2c(CCCNC(=O)Cc3ccccc3Cl)nc3ccccc32)c(C)c1. The summed E-state index contributed by atoms with van der Waals surface area (Å²) in [4.78, 5) is 17.3. The summed E-state index contributed by atoms with van der Waals surface area (Å²) in [5.74, 6) is 1.04. The van der Waals surface area contributed by atoms with E-state index >= 15 is 0 Å². The fourth-order valence-corrected chi connectivity index (χ4v) is 4.66. The number of aromatic nitrogens is 2. The number of fused-ring (bicyclic) bond motifs is 1. The third-order valence-electron chi connectivity index (χ3n) is 6.10. The Morgan fingerprint density at radius 2 is 1.70 bits per heavy atom. The highest BCUT2D eigenvalue weighted by Gasteiger charge is 2.14. The van der Waals surface area contributed by atoms with Crippen LogP contribution in [0.1, 0.15) is 40.1 Å². The van der Waals surface area contributed by atoms with E-state index in [9.17, 15) is 4.79 Å². The van der Waals surface area contributed by atoms with Gasteiger partial charge in [-0.3, -0.25) is 4.79 Å². The summed E-state index contributed by atoms with van der Waals surface area (Å²) < 4.78 is 2.32. The van der Waals surface area contributed by atoms with Gasteiger partial charge < -0.3 is 9.88 Å². The molecule has 1 heterocycles. The Morgan fingerprint density at radius 1 is 1.00 bits per heavy atom. The van der Waals surface area contributed by atoms with Gasteiger partial charge in [0.2, 0.25) is 5.91 Å². The minimum absolute atomic E-state index is 0.0116. The zero-order valence-corrected chi connectivity index (χ0v) is 20.2. The summed E-state index contributed by atoms with van der Waals surface area (Å²) in [6, 6.07) is 20.3. The molecule has 5 heteroatoms. The van der Waals surface area contributed by atoms with Crippen molar-refractivity contribution in [2.75, 3.05) is 6.54 Å². The number of aryl methyl sites for hydroxylation is 4. The molecule has 4 nitrogen and oxygen atoms in total. The summed E-state index contributed by atoms with van der Waals surface area (Å²) in [5, 5.41) is 3.65. The number of para-hydroxylation sites is 2. The Labute approximate surface area is 200 Å². The summed E-state index contributed by atoms with van der Waals surface area (Å²) in [5.41, 5.74) is 8.26. The van der Waals surface area contributed by atoms with Gasteiger partial charge in [0.05, 0.1) is 17.5 Å². The molecular formula is C28H30ClN3O. The van der Waals surface area contributed by atoms with E-state index in [0.717, 1.165) is 41.8 Å². The molecule has 0 aliphatic rings. The summed E-state index contributed by atoms with van der Waals surface area (Å²) in [6.45, 7) is 7.91. The third kappa shape index (κ3) is 5.45. The van der Waals surface area contributed by atoms with Gasteiger partial charge in [-0.25, -0.2) is 4.98 Å². The summed E-state index contributed by atoms with van der Waals surface area (Å²) in [6.07, 6.45) is 1.92. The van der Waals surface area contributed by atoms with Crippen molar-refractivity contribution in [1.82, 2.24) is 14.9 Å². The molecule has 0 aliphatic heterocycles. The molecule has 170 valence electrons. The van der Waals surface area contributed by atoms with Crippen molar-refractivity contribution in [1.29, 1.82) is 0 Å². The molecule has 0 aliphatic carbocycles. The highest BCUT2D eigenvalue weighted by atomic mass is 35.5. The normalized spacial score (nSPS) is 11.2. The fraction of sp³-hybridized carbons (Fsp3) is 0.286. The average molecular weight is 460 g/mol. The molecule has 0 fully saturated rings. The average Bonchev–Trinajstić information content (AvgIpc) is 3.12. The molecule has 0 saturated heterocycles. The molecule has 4 aromatic rings. The molecule has 0 spiro atoms. The fourth-order valence-electron chi connectivity index (χ4n) is 4.46. The van der Waals surface area contributed by atoms with Crippen LogP contribution in [0.2, 0.25) is 5.02 Å². The van der Waals surface area contributed by atoms with E-state index in [-0.39, 0.29) is 5.91 Å². The van der Waals surface area contributed by atoms with Gasteiger partial charge in [-0.1, -0.05) is 59.6 Å². The van der Waals surface area contributed by atoms with Crippen molar-refractivity contribution in [3.8, 4) is 0 Å². The zero-order valence-electron chi connectivity index (χ0n) is 19.5. The van der Waals surface area contributed by atoms with Crippen LogP contribution < -0.4 is 5.32 Å². The first-order valence-electron chi connectivity index (χ1n) is 11.4. The first kappa shape index (κ1) is 23.1. The number of amides is 1. The molecule has 0 bridgehead atoms. The van der Waals surface area contributed by atoms with Gasteiger partial charge >= 0.3 is 0 Å². The minimum atomic E-state index is -0.0116. The lowest BCUT2D eigenvalue weighted by Crippen LogP contribution is -2.26. The molecule has 1 amide bonds. The van der Waals surface area contributed by atoms with Crippen molar-refractivity contribution >= 4 is 28.5 Å². The van der Waals surface area contributed by atoms with Crippen molar-refractivity contribution in [2.45, 2.75) is 46.6 Å². The van der Waals surface area contributed by atoms with Crippen LogP contribution in [0, 0.1) is 20.8 Å². The number of benzene rings is 3. The zero-order chi connectivity index (χ0) is 23.4. The molecule has 1 aromatic heterocycles. The number of carbonyl (C=O) groups excluding carboxylic acids is 1. The predicted octanol–water partition coefficient (Wildman–Crippen LogP) is 5.95. The van der Waals surface area contributed by atoms with Crippen LogP contribution >= 0.6 is 11.6 Å². The van der Waals surface area contributed by atoms with Crippen LogP contribution in [0.3, 0.4) is 0 Å². The van der Waals surface area contributed by atoms with Gasteiger partial charge in [0.1, 0.15) is 5.82 Å². The Kier molecular flexibility index (Phi) is 7.14. The maximum atomic E-state index is 12.3. The molecule has 33 heavy (non-hydrogen) atoms. The summed E-state index contributed by atoms with van der Waals surface area (Å²) >= 11 is 6.17. The summed E-state index contributed by atoms with van der Waals surface area (Å²) in [7, 11) is 0. The van der Waals surface area contributed by atoms with E-state index in [4.69, 9.17) is 16.6 Å². The van der Waals surface area contributed by atoms with Crippen LogP contribution in [0.4, 0.5) is 0 Å². The van der Waals surface area contributed by atoms with Gasteiger partial charge in [-0.2, -0.15) is 0 Å². The standard InChI is InChI=1S/C28H30ClN3O/c1-19-15-20(2)23(21(3)16-19)18-32-26-12-7-6-11-25(26)31-27(32)13-8-14-30-28(33)17-22-9-4-5-10-24(22)29/h4-7,9-12,15-16H,8,13-14,17-18H2,1-3H3,(H,30,33). The molecular weight excluding hydrogens is 430 g/mol. The molecule has 0 unspecified atom stereocenters. The lowest BCUT2D eigenvalue weighted by atomic mass is 9.99. The van der Waals surface area contributed by atoms with E-state index in [2.05, 4.69) is 61.0 Å². The second-order valence-corrected chi connectivity index (χ2v) is 9.11. The van der Waals surface area contributed by atoms with Crippen molar-refractivity contribution in [3.63, 3.8) is 0 Å². The maximum absolute atomic E-state index is 12.3. The second-order valence-electron chi connectivity index (χ2n) is 8.70. The Hall–Kier alpha value is -3.11. The highest BCUT2D eigenvalue weighted by molar-refractivity contribution is 6.31. The van der Waals surface area contributed by atoms with Crippen molar-refractivity contribution < 1.29 is 4.79 Å². The number of halogens is 1. The maximum Gasteiger partial charge on any atom is 0.224 e. The van der Waals surface area contributed by atoms with Gasteiger partial charge in [-0.15, -0.1) is 0 Å². The van der Waals surface area contributed by atoms with E-state index in [1.54, 1.807) is 0 Å². The van der Waals surface area contributed by atoms with Crippen LogP contribution in [0.25, 0.3) is 11.0 Å². The topological polar surface area (TPSA) is 46.9 Å². The van der Waals surface area contributed by atoms with E-state index in [1.165, 1.54) is 22.3 Å². The van der Waals surface area contributed by atoms with Gasteiger partial charge in [0, 0.05) is 24.5 Å². The number of rotatable bonds is 8.